The van der Waals surface area contributed by atoms with Crippen molar-refractivity contribution in [2.24, 2.45) is 0 Å². The van der Waals surface area contributed by atoms with Gasteiger partial charge in [-0.1, -0.05) is 42.8 Å². The first-order valence-corrected chi connectivity index (χ1v) is 9.96. The summed E-state index contributed by atoms with van der Waals surface area (Å²) in [5.74, 6) is 0.401. The van der Waals surface area contributed by atoms with E-state index in [1.807, 2.05) is 35.2 Å². The summed E-state index contributed by atoms with van der Waals surface area (Å²) in [5.41, 5.74) is 1.72. The molecule has 1 aromatic heterocycles. The van der Waals surface area contributed by atoms with Gasteiger partial charge < -0.3 is 4.90 Å². The number of para-hydroxylation sites is 1. The van der Waals surface area contributed by atoms with Crippen molar-refractivity contribution in [3.8, 4) is 11.4 Å². The summed E-state index contributed by atoms with van der Waals surface area (Å²) in [4.78, 5) is 17.2. The molecule has 8 heteroatoms. The number of halogens is 1. The molecule has 1 atom stereocenters. The van der Waals surface area contributed by atoms with Gasteiger partial charge in [0, 0.05) is 27.3 Å². The van der Waals surface area contributed by atoms with E-state index in [2.05, 4.69) is 28.4 Å². The van der Waals surface area contributed by atoms with Crippen molar-refractivity contribution in [3.63, 3.8) is 0 Å². The molecule has 0 spiro atoms. The Morgan fingerprint density at radius 3 is 2.96 bits per heavy atom. The third-order valence-corrected chi connectivity index (χ3v) is 5.83. The molecule has 6 nitrogen and oxygen atoms in total. The summed E-state index contributed by atoms with van der Waals surface area (Å²) in [5, 5.41) is 13.5. The number of rotatable bonds is 3. The van der Waals surface area contributed by atoms with Crippen molar-refractivity contribution in [3.05, 3.63) is 53.6 Å². The van der Waals surface area contributed by atoms with E-state index in [0.717, 1.165) is 22.6 Å². The van der Waals surface area contributed by atoms with Gasteiger partial charge in [0.25, 0.3) is 5.91 Å². The number of aromatic nitrogens is 4. The number of hydrogen-bond donors (Lipinski definition) is 0. The number of thioether (sulfide) groups is 1. The Kier molecular flexibility index (Phi) is 5.13. The summed E-state index contributed by atoms with van der Waals surface area (Å²) < 4.78 is 0. The summed E-state index contributed by atoms with van der Waals surface area (Å²) in [6.07, 6.45) is 0.934. The zero-order valence-corrected chi connectivity index (χ0v) is 16.3. The Labute approximate surface area is 166 Å². The number of carbonyl (C=O) groups is 1. The summed E-state index contributed by atoms with van der Waals surface area (Å²) in [6, 6.07) is 15.3. The van der Waals surface area contributed by atoms with Gasteiger partial charge in [0.1, 0.15) is 6.54 Å². The second-order valence-corrected chi connectivity index (χ2v) is 8.30. The highest BCUT2D eigenvalue weighted by molar-refractivity contribution is 8.00. The quantitative estimate of drug-likeness (QED) is 0.668. The van der Waals surface area contributed by atoms with Crippen LogP contribution in [0.2, 0.25) is 5.02 Å². The zero-order valence-electron chi connectivity index (χ0n) is 14.7. The number of tetrazole rings is 1. The highest BCUT2D eigenvalue weighted by Crippen LogP contribution is 2.37. The number of nitrogens with zero attached hydrogens (tertiary/aromatic N) is 5. The van der Waals surface area contributed by atoms with Crippen LogP contribution in [0.3, 0.4) is 0 Å². The van der Waals surface area contributed by atoms with Crippen molar-refractivity contribution >= 4 is 35.0 Å². The van der Waals surface area contributed by atoms with Crippen molar-refractivity contribution in [1.29, 1.82) is 0 Å². The first-order chi connectivity index (χ1) is 13.1. The highest BCUT2D eigenvalue weighted by Gasteiger charge is 2.24. The maximum Gasteiger partial charge on any atom is 0.250 e. The molecule has 0 N–H and O–H groups in total. The Bertz CT molecular complexity index is 976. The van der Waals surface area contributed by atoms with Crippen LogP contribution in [-0.4, -0.2) is 37.9 Å². The van der Waals surface area contributed by atoms with E-state index < -0.39 is 0 Å². The van der Waals surface area contributed by atoms with E-state index in [0.29, 0.717) is 22.6 Å². The molecule has 0 saturated carbocycles. The fourth-order valence-electron chi connectivity index (χ4n) is 3.01. The lowest BCUT2D eigenvalue weighted by molar-refractivity contribution is -0.119. The second-order valence-electron chi connectivity index (χ2n) is 6.38. The molecule has 0 saturated heterocycles. The zero-order chi connectivity index (χ0) is 18.8. The van der Waals surface area contributed by atoms with Gasteiger partial charge in [0.2, 0.25) is 5.82 Å². The van der Waals surface area contributed by atoms with Gasteiger partial charge in [0.15, 0.2) is 0 Å². The number of anilines is 1. The Hall–Kier alpha value is -2.38. The lowest BCUT2D eigenvalue weighted by atomic mass is 10.2. The fraction of sp³-hybridized carbons (Fsp3) is 0.263. The van der Waals surface area contributed by atoms with Gasteiger partial charge in [-0.2, -0.15) is 4.80 Å². The lowest BCUT2D eigenvalue weighted by Crippen LogP contribution is -2.35. The molecular weight excluding hydrogens is 382 g/mol. The van der Waals surface area contributed by atoms with Gasteiger partial charge >= 0.3 is 0 Å². The maximum atomic E-state index is 13.0. The minimum absolute atomic E-state index is 0.0426. The maximum absolute atomic E-state index is 13.0. The van der Waals surface area contributed by atoms with Crippen LogP contribution in [0.25, 0.3) is 11.4 Å². The normalized spacial score (nSPS) is 16.7. The number of carbonyl (C=O) groups excluding carboxylic acids is 1. The number of hydrogen-bond acceptors (Lipinski definition) is 5. The minimum atomic E-state index is -0.0489. The molecule has 0 unspecified atom stereocenters. The third kappa shape index (κ3) is 3.99. The molecule has 4 rings (SSSR count). The molecule has 0 aliphatic carbocycles. The Morgan fingerprint density at radius 2 is 2.11 bits per heavy atom. The van der Waals surface area contributed by atoms with Crippen LogP contribution in [0.15, 0.2) is 53.4 Å². The second kappa shape index (κ2) is 7.70. The van der Waals surface area contributed by atoms with Crippen LogP contribution in [-0.2, 0) is 11.3 Å². The van der Waals surface area contributed by atoms with E-state index in [-0.39, 0.29) is 12.5 Å². The average Bonchev–Trinajstić information content (AvgIpc) is 3.04. The van der Waals surface area contributed by atoms with Gasteiger partial charge in [-0.05, 0) is 35.9 Å². The predicted molar refractivity (Wildman–Crippen MR) is 107 cm³/mol. The van der Waals surface area contributed by atoms with Crippen molar-refractivity contribution in [2.45, 2.75) is 30.0 Å². The summed E-state index contributed by atoms with van der Waals surface area (Å²) in [6.45, 7) is 2.91. The standard InChI is InChI=1S/C19H18ClN5OS/c1-13-9-10-24(16-7-2-3-8-17(16)27-13)18(26)12-25-22-19(21-23-25)14-5-4-6-15(20)11-14/h2-8,11,13H,9-10,12H2,1H3/t13-/m0/s1. The van der Waals surface area contributed by atoms with E-state index in [1.165, 1.54) is 4.80 Å². The molecule has 2 aromatic carbocycles. The Balaban J connectivity index is 1.55. The van der Waals surface area contributed by atoms with E-state index in [1.54, 1.807) is 23.9 Å². The molecule has 0 fully saturated rings. The fourth-order valence-corrected chi connectivity index (χ4v) is 4.31. The van der Waals surface area contributed by atoms with Gasteiger partial charge in [-0.25, -0.2) is 0 Å². The molecule has 1 aliphatic heterocycles. The van der Waals surface area contributed by atoms with Crippen molar-refractivity contribution < 1.29 is 4.79 Å². The van der Waals surface area contributed by atoms with Crippen molar-refractivity contribution in [1.82, 2.24) is 20.2 Å². The van der Waals surface area contributed by atoms with E-state index in [9.17, 15) is 4.79 Å². The van der Waals surface area contributed by atoms with Gasteiger partial charge in [0.05, 0.1) is 5.69 Å². The van der Waals surface area contributed by atoms with Crippen LogP contribution < -0.4 is 4.90 Å². The predicted octanol–water partition coefficient (Wildman–Crippen LogP) is 3.91. The topological polar surface area (TPSA) is 63.9 Å². The molecule has 2 heterocycles. The van der Waals surface area contributed by atoms with Crippen LogP contribution >= 0.6 is 23.4 Å². The van der Waals surface area contributed by atoms with Crippen LogP contribution in [0.1, 0.15) is 13.3 Å². The molecule has 1 aliphatic rings. The lowest BCUT2D eigenvalue weighted by Gasteiger charge is -2.22. The number of fused-ring (bicyclic) bond motifs is 1. The molecule has 3 aromatic rings. The smallest absolute Gasteiger partial charge is 0.250 e. The van der Waals surface area contributed by atoms with Gasteiger partial charge in [-0.15, -0.1) is 22.0 Å². The number of benzene rings is 2. The summed E-state index contributed by atoms with van der Waals surface area (Å²) in [7, 11) is 0. The van der Waals surface area contributed by atoms with E-state index >= 15 is 0 Å². The molecule has 138 valence electrons. The summed E-state index contributed by atoms with van der Waals surface area (Å²) >= 11 is 7.82. The molecular formula is C19H18ClN5OS. The highest BCUT2D eigenvalue weighted by atomic mass is 35.5. The average molecular weight is 400 g/mol. The molecule has 1 amide bonds. The van der Waals surface area contributed by atoms with E-state index in [4.69, 9.17) is 11.6 Å². The number of amides is 1. The first kappa shape index (κ1) is 18.0. The minimum Gasteiger partial charge on any atom is -0.310 e. The molecule has 0 radical (unpaired) electrons. The van der Waals surface area contributed by atoms with Crippen LogP contribution in [0, 0.1) is 0 Å². The van der Waals surface area contributed by atoms with Crippen molar-refractivity contribution in [2.75, 3.05) is 11.4 Å². The molecule has 0 bridgehead atoms. The van der Waals surface area contributed by atoms with Crippen LogP contribution in [0.4, 0.5) is 5.69 Å². The SMILES string of the molecule is C[C@H]1CCN(C(=O)Cn2nnc(-c3cccc(Cl)c3)n2)c2ccccc2S1. The van der Waals surface area contributed by atoms with Gasteiger partial charge in [-0.3, -0.25) is 4.79 Å². The first-order valence-electron chi connectivity index (χ1n) is 8.70. The largest absolute Gasteiger partial charge is 0.310 e. The third-order valence-electron chi connectivity index (χ3n) is 4.36. The molecule has 27 heavy (non-hydrogen) atoms. The monoisotopic (exact) mass is 399 g/mol. The van der Waals surface area contributed by atoms with Crippen LogP contribution in [0.5, 0.6) is 0 Å². The Morgan fingerprint density at radius 1 is 1.26 bits per heavy atom.